The third kappa shape index (κ3) is 3.25. The molecule has 2 rings (SSSR count). The molecular formula is C14H15N3O2S. The number of nitrogens with one attached hydrogen (secondary N) is 1. The molecule has 0 atom stereocenters. The van der Waals surface area contributed by atoms with Crippen LogP contribution in [0.2, 0.25) is 0 Å². The number of para-hydroxylation sites is 1. The molecule has 0 spiro atoms. The second-order valence-electron chi connectivity index (χ2n) is 4.35. The van der Waals surface area contributed by atoms with E-state index in [0.29, 0.717) is 16.9 Å². The summed E-state index contributed by atoms with van der Waals surface area (Å²) in [6.45, 7) is 1.91. The molecule has 0 amide bonds. The third-order valence-electron chi connectivity index (χ3n) is 3.00. The summed E-state index contributed by atoms with van der Waals surface area (Å²) in [7, 11) is -3.00. The van der Waals surface area contributed by atoms with E-state index in [2.05, 4.69) is 16.4 Å². The van der Waals surface area contributed by atoms with Crippen LogP contribution in [0.4, 0.5) is 5.82 Å². The van der Waals surface area contributed by atoms with Gasteiger partial charge in [-0.05, 0) is 12.1 Å². The molecule has 0 fully saturated rings. The standard InChI is InChI=1S/C14H15N3O2S/c1-2-20(18,19)8-7-16-14-9-11(10-15)12-5-3-4-6-13(12)17-14/h3-6,9H,2,7-8H2,1H3,(H,16,17). The fourth-order valence-corrected chi connectivity index (χ4v) is 2.54. The predicted molar refractivity (Wildman–Crippen MR) is 79.3 cm³/mol. The number of benzene rings is 1. The van der Waals surface area contributed by atoms with Gasteiger partial charge >= 0.3 is 0 Å². The largest absolute Gasteiger partial charge is 0.369 e. The van der Waals surface area contributed by atoms with Crippen molar-refractivity contribution in [1.29, 1.82) is 5.26 Å². The fourth-order valence-electron chi connectivity index (χ4n) is 1.84. The Balaban J connectivity index is 2.22. The van der Waals surface area contributed by atoms with Crippen LogP contribution in [0.1, 0.15) is 12.5 Å². The molecule has 0 bridgehead atoms. The maximum absolute atomic E-state index is 11.4. The lowest BCUT2D eigenvalue weighted by Crippen LogP contribution is -2.17. The van der Waals surface area contributed by atoms with E-state index in [1.54, 1.807) is 13.0 Å². The summed E-state index contributed by atoms with van der Waals surface area (Å²) in [6.07, 6.45) is 0. The topological polar surface area (TPSA) is 82.9 Å². The van der Waals surface area contributed by atoms with Crippen molar-refractivity contribution in [3.63, 3.8) is 0 Å². The summed E-state index contributed by atoms with van der Waals surface area (Å²) in [4.78, 5) is 4.37. The van der Waals surface area contributed by atoms with Gasteiger partial charge in [-0.2, -0.15) is 5.26 Å². The first kappa shape index (κ1) is 14.3. The maximum atomic E-state index is 11.4. The molecule has 0 radical (unpaired) electrons. The molecule has 0 saturated heterocycles. The van der Waals surface area contributed by atoms with Crippen LogP contribution in [-0.2, 0) is 9.84 Å². The van der Waals surface area contributed by atoms with Crippen LogP contribution in [0.25, 0.3) is 10.9 Å². The van der Waals surface area contributed by atoms with Gasteiger partial charge in [0.25, 0.3) is 0 Å². The summed E-state index contributed by atoms with van der Waals surface area (Å²) in [5.74, 6) is 0.704. The Morgan fingerprint density at radius 2 is 2.10 bits per heavy atom. The van der Waals surface area contributed by atoms with Gasteiger partial charge in [0, 0.05) is 17.7 Å². The van der Waals surface area contributed by atoms with Gasteiger partial charge in [-0.1, -0.05) is 25.1 Å². The Labute approximate surface area is 118 Å². The van der Waals surface area contributed by atoms with Gasteiger partial charge < -0.3 is 5.32 Å². The number of fused-ring (bicyclic) bond motifs is 1. The van der Waals surface area contributed by atoms with Crippen molar-refractivity contribution >= 4 is 26.6 Å². The van der Waals surface area contributed by atoms with E-state index >= 15 is 0 Å². The van der Waals surface area contributed by atoms with Gasteiger partial charge in [-0.15, -0.1) is 0 Å². The van der Waals surface area contributed by atoms with Crippen molar-refractivity contribution in [1.82, 2.24) is 4.98 Å². The molecule has 0 unspecified atom stereocenters. The highest BCUT2D eigenvalue weighted by Crippen LogP contribution is 2.19. The monoisotopic (exact) mass is 289 g/mol. The number of anilines is 1. The molecule has 0 aliphatic carbocycles. The average Bonchev–Trinajstić information content (AvgIpc) is 2.46. The Hall–Kier alpha value is -2.13. The summed E-state index contributed by atoms with van der Waals surface area (Å²) in [5, 5.41) is 12.9. The number of hydrogen-bond donors (Lipinski definition) is 1. The zero-order valence-electron chi connectivity index (χ0n) is 11.1. The Kier molecular flexibility index (Phi) is 4.20. The van der Waals surface area contributed by atoms with E-state index in [-0.39, 0.29) is 18.1 Å². The highest BCUT2D eigenvalue weighted by Gasteiger charge is 2.08. The summed E-state index contributed by atoms with van der Waals surface area (Å²) in [6, 6.07) is 11.1. The lowest BCUT2D eigenvalue weighted by molar-refractivity contribution is 0.597. The molecule has 20 heavy (non-hydrogen) atoms. The van der Waals surface area contributed by atoms with E-state index in [1.165, 1.54) is 0 Å². The van der Waals surface area contributed by atoms with E-state index < -0.39 is 9.84 Å². The minimum Gasteiger partial charge on any atom is -0.369 e. The van der Waals surface area contributed by atoms with Crippen LogP contribution in [0, 0.1) is 11.3 Å². The highest BCUT2D eigenvalue weighted by molar-refractivity contribution is 7.91. The van der Waals surface area contributed by atoms with Crippen LogP contribution < -0.4 is 5.32 Å². The van der Waals surface area contributed by atoms with E-state index in [9.17, 15) is 8.42 Å². The second kappa shape index (κ2) is 5.88. The predicted octanol–water partition coefficient (Wildman–Crippen LogP) is 1.95. The average molecular weight is 289 g/mol. The summed E-state index contributed by atoms with van der Waals surface area (Å²) in [5.41, 5.74) is 1.24. The number of hydrogen-bond acceptors (Lipinski definition) is 5. The van der Waals surface area contributed by atoms with Crippen molar-refractivity contribution in [3.8, 4) is 6.07 Å². The molecule has 1 aromatic carbocycles. The first-order chi connectivity index (χ1) is 9.55. The minimum atomic E-state index is -3.00. The number of nitrogens with zero attached hydrogens (tertiary/aromatic N) is 2. The second-order valence-corrected chi connectivity index (χ2v) is 6.82. The molecule has 1 heterocycles. The number of rotatable bonds is 5. The van der Waals surface area contributed by atoms with Crippen LogP contribution in [0.15, 0.2) is 30.3 Å². The first-order valence-corrected chi connectivity index (χ1v) is 8.12. The molecular weight excluding hydrogens is 274 g/mol. The van der Waals surface area contributed by atoms with Crippen molar-refractivity contribution in [3.05, 3.63) is 35.9 Å². The molecule has 0 aliphatic rings. The maximum Gasteiger partial charge on any atom is 0.151 e. The summed E-state index contributed by atoms with van der Waals surface area (Å²) < 4.78 is 22.8. The third-order valence-corrected chi connectivity index (χ3v) is 4.70. The van der Waals surface area contributed by atoms with Gasteiger partial charge in [0.15, 0.2) is 9.84 Å². The molecule has 0 saturated carbocycles. The number of nitriles is 1. The van der Waals surface area contributed by atoms with Crippen LogP contribution in [0.3, 0.4) is 0 Å². The first-order valence-electron chi connectivity index (χ1n) is 6.30. The zero-order chi connectivity index (χ0) is 14.6. The Morgan fingerprint density at radius 3 is 2.80 bits per heavy atom. The Bertz CT molecular complexity index is 764. The van der Waals surface area contributed by atoms with E-state index in [1.807, 2.05) is 24.3 Å². The van der Waals surface area contributed by atoms with Crippen LogP contribution >= 0.6 is 0 Å². The SMILES string of the molecule is CCS(=O)(=O)CCNc1cc(C#N)c2ccccc2n1. The smallest absolute Gasteiger partial charge is 0.151 e. The van der Waals surface area contributed by atoms with Crippen LogP contribution in [0.5, 0.6) is 0 Å². The lowest BCUT2D eigenvalue weighted by atomic mass is 10.1. The number of pyridine rings is 1. The lowest BCUT2D eigenvalue weighted by Gasteiger charge is -2.08. The number of aromatic nitrogens is 1. The minimum absolute atomic E-state index is 0.0555. The van der Waals surface area contributed by atoms with Crippen molar-refractivity contribution in [2.75, 3.05) is 23.4 Å². The molecule has 1 aromatic heterocycles. The fraction of sp³-hybridized carbons (Fsp3) is 0.286. The normalized spacial score (nSPS) is 11.2. The van der Waals surface area contributed by atoms with Gasteiger partial charge in [-0.25, -0.2) is 13.4 Å². The Morgan fingerprint density at radius 1 is 1.35 bits per heavy atom. The molecule has 0 aliphatic heterocycles. The number of sulfone groups is 1. The van der Waals surface area contributed by atoms with Crippen LogP contribution in [-0.4, -0.2) is 31.5 Å². The zero-order valence-corrected chi connectivity index (χ0v) is 11.9. The molecule has 5 nitrogen and oxygen atoms in total. The van der Waals surface area contributed by atoms with Crippen molar-refractivity contribution in [2.24, 2.45) is 0 Å². The molecule has 104 valence electrons. The highest BCUT2D eigenvalue weighted by atomic mass is 32.2. The molecule has 1 N–H and O–H groups in total. The van der Waals surface area contributed by atoms with Gasteiger partial charge in [0.05, 0.1) is 22.9 Å². The molecule has 6 heteroatoms. The van der Waals surface area contributed by atoms with Crippen molar-refractivity contribution < 1.29 is 8.42 Å². The molecule has 2 aromatic rings. The van der Waals surface area contributed by atoms with E-state index in [0.717, 1.165) is 5.39 Å². The summed E-state index contributed by atoms with van der Waals surface area (Å²) >= 11 is 0. The van der Waals surface area contributed by atoms with Gasteiger partial charge in [-0.3, -0.25) is 0 Å². The van der Waals surface area contributed by atoms with Crippen molar-refractivity contribution in [2.45, 2.75) is 6.92 Å². The van der Waals surface area contributed by atoms with Gasteiger partial charge in [0.1, 0.15) is 5.82 Å². The van der Waals surface area contributed by atoms with E-state index in [4.69, 9.17) is 5.26 Å². The quantitative estimate of drug-likeness (QED) is 0.909. The van der Waals surface area contributed by atoms with Gasteiger partial charge in [0.2, 0.25) is 0 Å².